The molecule has 1 aromatic carbocycles. The highest BCUT2D eigenvalue weighted by atomic mass is 16.5. The highest BCUT2D eigenvalue weighted by Crippen LogP contribution is 2.19. The van der Waals surface area contributed by atoms with Crippen LogP contribution < -0.4 is 4.74 Å². The van der Waals surface area contributed by atoms with Gasteiger partial charge in [0.05, 0.1) is 19.0 Å². The minimum atomic E-state index is 0.531. The van der Waals surface area contributed by atoms with Crippen molar-refractivity contribution in [1.29, 1.82) is 0 Å². The predicted octanol–water partition coefficient (Wildman–Crippen LogP) is 1.69. The van der Waals surface area contributed by atoms with Crippen LogP contribution in [-0.2, 0) is 0 Å². The van der Waals surface area contributed by atoms with Gasteiger partial charge in [-0.05, 0) is 18.2 Å². The molecular formula is C11H10N2O2. The Morgan fingerprint density at radius 1 is 1.47 bits per heavy atom. The van der Waals surface area contributed by atoms with Gasteiger partial charge in [0.1, 0.15) is 5.75 Å². The van der Waals surface area contributed by atoms with E-state index < -0.39 is 0 Å². The number of aldehydes is 1. The Balaban J connectivity index is 2.48. The fourth-order valence-electron chi connectivity index (χ4n) is 1.39. The molecular weight excluding hydrogens is 192 g/mol. The van der Waals surface area contributed by atoms with Gasteiger partial charge in [-0.25, -0.2) is 4.98 Å². The summed E-state index contributed by atoms with van der Waals surface area (Å²) < 4.78 is 6.88. The SMILES string of the molecule is COc1ccc(-n2ccnc2)cc1C=O. The number of carbonyl (C=O) groups excluding carboxylic acids is 1. The molecule has 2 aromatic rings. The van der Waals surface area contributed by atoms with Gasteiger partial charge in [-0.15, -0.1) is 0 Å². The smallest absolute Gasteiger partial charge is 0.153 e. The summed E-state index contributed by atoms with van der Waals surface area (Å²) in [5.41, 5.74) is 1.42. The minimum absolute atomic E-state index is 0.531. The lowest BCUT2D eigenvalue weighted by molar-refractivity contribution is 0.112. The zero-order chi connectivity index (χ0) is 10.7. The summed E-state index contributed by atoms with van der Waals surface area (Å²) in [6.07, 6.45) is 5.96. The van der Waals surface area contributed by atoms with Crippen molar-refractivity contribution in [3.63, 3.8) is 0 Å². The molecule has 1 heterocycles. The Labute approximate surface area is 87.1 Å². The Morgan fingerprint density at radius 3 is 2.93 bits per heavy atom. The summed E-state index contributed by atoms with van der Waals surface area (Å²) >= 11 is 0. The Morgan fingerprint density at radius 2 is 2.33 bits per heavy atom. The Bertz CT molecular complexity index is 463. The van der Waals surface area contributed by atoms with E-state index in [1.54, 1.807) is 31.8 Å². The summed E-state index contributed by atoms with van der Waals surface area (Å²) in [5.74, 6) is 0.578. The first-order valence-electron chi connectivity index (χ1n) is 4.46. The number of hydrogen-bond acceptors (Lipinski definition) is 3. The monoisotopic (exact) mass is 202 g/mol. The number of carbonyl (C=O) groups is 1. The third-order valence-corrected chi connectivity index (χ3v) is 2.14. The van der Waals surface area contributed by atoms with Gasteiger partial charge in [0, 0.05) is 18.1 Å². The molecule has 0 atom stereocenters. The van der Waals surface area contributed by atoms with Crippen molar-refractivity contribution < 1.29 is 9.53 Å². The molecule has 0 saturated heterocycles. The van der Waals surface area contributed by atoms with E-state index >= 15 is 0 Å². The van der Waals surface area contributed by atoms with E-state index in [0.717, 1.165) is 12.0 Å². The molecule has 0 aliphatic carbocycles. The summed E-state index contributed by atoms with van der Waals surface area (Å²) in [6, 6.07) is 5.39. The van der Waals surface area contributed by atoms with Crippen molar-refractivity contribution >= 4 is 6.29 Å². The summed E-state index contributed by atoms with van der Waals surface area (Å²) in [7, 11) is 1.54. The normalized spacial score (nSPS) is 9.93. The lowest BCUT2D eigenvalue weighted by Gasteiger charge is -2.06. The van der Waals surface area contributed by atoms with E-state index in [1.807, 2.05) is 16.8 Å². The third kappa shape index (κ3) is 1.74. The van der Waals surface area contributed by atoms with Crippen molar-refractivity contribution in [2.24, 2.45) is 0 Å². The zero-order valence-electron chi connectivity index (χ0n) is 8.25. The fraction of sp³-hybridized carbons (Fsp3) is 0.0909. The number of hydrogen-bond donors (Lipinski definition) is 0. The fourth-order valence-corrected chi connectivity index (χ4v) is 1.39. The van der Waals surface area contributed by atoms with Crippen LogP contribution >= 0.6 is 0 Å². The van der Waals surface area contributed by atoms with Crippen LogP contribution in [-0.4, -0.2) is 22.9 Å². The first-order valence-corrected chi connectivity index (χ1v) is 4.46. The number of benzene rings is 1. The lowest BCUT2D eigenvalue weighted by Crippen LogP contribution is -1.95. The van der Waals surface area contributed by atoms with E-state index in [1.165, 1.54) is 0 Å². The van der Waals surface area contributed by atoms with E-state index in [0.29, 0.717) is 11.3 Å². The highest BCUT2D eigenvalue weighted by molar-refractivity contribution is 5.80. The van der Waals surface area contributed by atoms with Crippen LogP contribution in [0.15, 0.2) is 36.9 Å². The average Bonchev–Trinajstić information content (AvgIpc) is 2.81. The molecule has 0 fully saturated rings. The van der Waals surface area contributed by atoms with Crippen LogP contribution in [0, 0.1) is 0 Å². The molecule has 15 heavy (non-hydrogen) atoms. The van der Waals surface area contributed by atoms with E-state index in [9.17, 15) is 4.79 Å². The molecule has 76 valence electrons. The quantitative estimate of drug-likeness (QED) is 0.711. The highest BCUT2D eigenvalue weighted by Gasteiger charge is 2.03. The Hall–Kier alpha value is -2.10. The second kappa shape index (κ2) is 3.96. The van der Waals surface area contributed by atoms with Gasteiger partial charge in [0.2, 0.25) is 0 Å². The largest absolute Gasteiger partial charge is 0.496 e. The molecule has 4 heteroatoms. The van der Waals surface area contributed by atoms with Crippen LogP contribution in [0.25, 0.3) is 5.69 Å². The molecule has 4 nitrogen and oxygen atoms in total. The maximum atomic E-state index is 10.8. The molecule has 0 N–H and O–H groups in total. The predicted molar refractivity (Wildman–Crippen MR) is 55.5 cm³/mol. The number of imidazole rings is 1. The van der Waals surface area contributed by atoms with Crippen molar-refractivity contribution in [3.8, 4) is 11.4 Å². The van der Waals surface area contributed by atoms with E-state index in [4.69, 9.17) is 4.74 Å². The van der Waals surface area contributed by atoms with E-state index in [-0.39, 0.29) is 0 Å². The number of methoxy groups -OCH3 is 1. The second-order valence-corrected chi connectivity index (χ2v) is 3.01. The van der Waals surface area contributed by atoms with Gasteiger partial charge in [-0.2, -0.15) is 0 Å². The number of rotatable bonds is 3. The first-order chi connectivity index (χ1) is 7.35. The molecule has 0 amide bonds. The van der Waals surface area contributed by atoms with Crippen LogP contribution in [0.3, 0.4) is 0 Å². The maximum Gasteiger partial charge on any atom is 0.153 e. The first kappa shape index (κ1) is 9.45. The van der Waals surface area contributed by atoms with Gasteiger partial charge in [-0.1, -0.05) is 0 Å². The average molecular weight is 202 g/mol. The molecule has 0 spiro atoms. The van der Waals surface area contributed by atoms with Crippen molar-refractivity contribution in [2.45, 2.75) is 0 Å². The van der Waals surface area contributed by atoms with Crippen LogP contribution in [0.4, 0.5) is 0 Å². The zero-order valence-corrected chi connectivity index (χ0v) is 8.25. The van der Waals surface area contributed by atoms with Crippen LogP contribution in [0.2, 0.25) is 0 Å². The number of nitrogens with zero attached hydrogens (tertiary/aromatic N) is 2. The van der Waals surface area contributed by atoms with Gasteiger partial charge in [0.15, 0.2) is 6.29 Å². The molecule has 1 aromatic heterocycles. The molecule has 0 bridgehead atoms. The van der Waals surface area contributed by atoms with E-state index in [2.05, 4.69) is 4.98 Å². The molecule has 0 radical (unpaired) electrons. The molecule has 2 rings (SSSR count). The van der Waals surface area contributed by atoms with Crippen molar-refractivity contribution in [1.82, 2.24) is 9.55 Å². The minimum Gasteiger partial charge on any atom is -0.496 e. The summed E-state index contributed by atoms with van der Waals surface area (Å²) in [5, 5.41) is 0. The maximum absolute atomic E-state index is 10.8. The molecule has 0 unspecified atom stereocenters. The van der Waals surface area contributed by atoms with Crippen molar-refractivity contribution in [2.75, 3.05) is 7.11 Å². The van der Waals surface area contributed by atoms with Crippen LogP contribution in [0.5, 0.6) is 5.75 Å². The molecule has 0 aliphatic rings. The van der Waals surface area contributed by atoms with Gasteiger partial charge in [0.25, 0.3) is 0 Å². The third-order valence-electron chi connectivity index (χ3n) is 2.14. The lowest BCUT2D eigenvalue weighted by atomic mass is 10.2. The summed E-state index contributed by atoms with van der Waals surface area (Å²) in [4.78, 5) is 14.7. The van der Waals surface area contributed by atoms with Gasteiger partial charge in [-0.3, -0.25) is 4.79 Å². The van der Waals surface area contributed by atoms with Gasteiger partial charge >= 0.3 is 0 Å². The topological polar surface area (TPSA) is 44.1 Å². The Kier molecular flexibility index (Phi) is 2.49. The number of ether oxygens (including phenoxy) is 1. The van der Waals surface area contributed by atoms with Gasteiger partial charge < -0.3 is 9.30 Å². The summed E-state index contributed by atoms with van der Waals surface area (Å²) in [6.45, 7) is 0. The molecule has 0 saturated carbocycles. The molecule has 0 aliphatic heterocycles. The number of aromatic nitrogens is 2. The van der Waals surface area contributed by atoms with Crippen molar-refractivity contribution in [3.05, 3.63) is 42.5 Å². The van der Waals surface area contributed by atoms with Crippen LogP contribution in [0.1, 0.15) is 10.4 Å². The standard InChI is InChI=1S/C11H10N2O2/c1-15-11-3-2-10(6-9(11)7-14)13-5-4-12-8-13/h2-8H,1H3. The second-order valence-electron chi connectivity index (χ2n) is 3.01.